The van der Waals surface area contributed by atoms with Gasteiger partial charge < -0.3 is 19.4 Å². The third kappa shape index (κ3) is 5.81. The Morgan fingerprint density at radius 3 is 2.30 bits per heavy atom. The van der Waals surface area contributed by atoms with E-state index in [4.69, 9.17) is 9.15 Å². The van der Waals surface area contributed by atoms with E-state index >= 15 is 0 Å². The first-order chi connectivity index (χ1) is 14.5. The van der Waals surface area contributed by atoms with Crippen LogP contribution in [0.4, 0.5) is 0 Å². The van der Waals surface area contributed by atoms with Crippen molar-refractivity contribution in [1.82, 2.24) is 10.2 Å². The Morgan fingerprint density at radius 1 is 0.933 bits per heavy atom. The standard InChI is InChI=1S/C23H22N2O5/c1-25(15-20-8-5-13-29-20)21(26)16-30-22(27)14-24-23(28)19-11-9-18(10-12-19)17-6-3-2-4-7-17/h2-13H,14-16H2,1H3,(H,24,28). The van der Waals surface area contributed by atoms with Crippen molar-refractivity contribution < 1.29 is 23.5 Å². The van der Waals surface area contributed by atoms with Crippen molar-refractivity contribution in [3.63, 3.8) is 0 Å². The number of likely N-dealkylation sites (N-methyl/N-ethyl adjacent to an activating group) is 1. The fourth-order valence-corrected chi connectivity index (χ4v) is 2.73. The van der Waals surface area contributed by atoms with Crippen LogP contribution in [0.15, 0.2) is 77.4 Å². The van der Waals surface area contributed by atoms with Gasteiger partial charge in [0, 0.05) is 12.6 Å². The number of rotatable bonds is 8. The van der Waals surface area contributed by atoms with E-state index in [9.17, 15) is 14.4 Å². The molecule has 0 aliphatic heterocycles. The minimum Gasteiger partial charge on any atom is -0.467 e. The molecule has 0 atom stereocenters. The second-order valence-corrected chi connectivity index (χ2v) is 6.62. The fraction of sp³-hybridized carbons (Fsp3) is 0.174. The SMILES string of the molecule is CN(Cc1ccco1)C(=O)COC(=O)CNC(=O)c1ccc(-c2ccccc2)cc1. The maximum atomic E-state index is 12.2. The molecule has 1 N–H and O–H groups in total. The molecule has 7 heteroatoms. The molecule has 3 rings (SSSR count). The molecule has 1 aromatic heterocycles. The van der Waals surface area contributed by atoms with E-state index < -0.39 is 18.5 Å². The summed E-state index contributed by atoms with van der Waals surface area (Å²) in [6.07, 6.45) is 1.52. The molecule has 0 aliphatic carbocycles. The Labute approximate surface area is 174 Å². The molecular weight excluding hydrogens is 384 g/mol. The first-order valence-electron chi connectivity index (χ1n) is 9.38. The summed E-state index contributed by atoms with van der Waals surface area (Å²) >= 11 is 0. The molecule has 0 fully saturated rings. The van der Waals surface area contributed by atoms with Crippen LogP contribution in [-0.2, 0) is 20.9 Å². The van der Waals surface area contributed by atoms with Crippen LogP contribution in [0.25, 0.3) is 11.1 Å². The van der Waals surface area contributed by atoms with Gasteiger partial charge >= 0.3 is 5.97 Å². The Kier molecular flexibility index (Phi) is 7.00. The molecule has 154 valence electrons. The molecule has 0 spiro atoms. The van der Waals surface area contributed by atoms with Gasteiger partial charge in [0.2, 0.25) is 0 Å². The van der Waals surface area contributed by atoms with E-state index in [0.717, 1.165) is 11.1 Å². The smallest absolute Gasteiger partial charge is 0.325 e. The molecule has 2 aromatic carbocycles. The highest BCUT2D eigenvalue weighted by molar-refractivity contribution is 5.96. The number of hydrogen-bond donors (Lipinski definition) is 1. The molecule has 2 amide bonds. The van der Waals surface area contributed by atoms with Crippen molar-refractivity contribution >= 4 is 17.8 Å². The second kappa shape index (κ2) is 10.1. The highest BCUT2D eigenvalue weighted by Gasteiger charge is 2.14. The van der Waals surface area contributed by atoms with Gasteiger partial charge in [0.15, 0.2) is 6.61 Å². The highest BCUT2D eigenvalue weighted by atomic mass is 16.5. The fourth-order valence-electron chi connectivity index (χ4n) is 2.73. The predicted octanol–water partition coefficient (Wildman–Crippen LogP) is 2.88. The van der Waals surface area contributed by atoms with Gasteiger partial charge in [-0.25, -0.2) is 0 Å². The Hall–Kier alpha value is -3.87. The summed E-state index contributed by atoms with van der Waals surface area (Å²) in [7, 11) is 1.58. The van der Waals surface area contributed by atoms with Crippen molar-refractivity contribution in [2.45, 2.75) is 6.54 Å². The van der Waals surface area contributed by atoms with Gasteiger partial charge in [-0.3, -0.25) is 14.4 Å². The number of benzene rings is 2. The third-order valence-electron chi connectivity index (χ3n) is 4.40. The number of hydrogen-bond acceptors (Lipinski definition) is 5. The second-order valence-electron chi connectivity index (χ2n) is 6.62. The Morgan fingerprint density at radius 2 is 1.63 bits per heavy atom. The number of nitrogens with one attached hydrogen (secondary N) is 1. The van der Waals surface area contributed by atoms with Crippen LogP contribution >= 0.6 is 0 Å². The lowest BCUT2D eigenvalue weighted by atomic mass is 10.0. The van der Waals surface area contributed by atoms with Crippen LogP contribution < -0.4 is 5.32 Å². The van der Waals surface area contributed by atoms with E-state index in [2.05, 4.69) is 5.32 Å². The quantitative estimate of drug-likeness (QED) is 0.581. The van der Waals surface area contributed by atoms with Crippen LogP contribution in [0, 0.1) is 0 Å². The van der Waals surface area contributed by atoms with Gasteiger partial charge in [0.1, 0.15) is 12.3 Å². The minimum absolute atomic E-state index is 0.277. The number of carbonyl (C=O) groups excluding carboxylic acids is 3. The number of esters is 1. The summed E-state index contributed by atoms with van der Waals surface area (Å²) in [6, 6.07) is 20.3. The van der Waals surface area contributed by atoms with Crippen LogP contribution in [0.3, 0.4) is 0 Å². The van der Waals surface area contributed by atoms with Crippen LogP contribution in [0.2, 0.25) is 0 Å². The summed E-state index contributed by atoms with van der Waals surface area (Å²) in [5.74, 6) is -0.831. The number of ether oxygens (including phenoxy) is 1. The summed E-state index contributed by atoms with van der Waals surface area (Å²) in [5, 5.41) is 2.49. The lowest BCUT2D eigenvalue weighted by Crippen LogP contribution is -2.34. The van der Waals surface area contributed by atoms with Crippen molar-refractivity contribution in [3.8, 4) is 11.1 Å². The van der Waals surface area contributed by atoms with E-state index in [1.807, 2.05) is 42.5 Å². The average molecular weight is 406 g/mol. The number of nitrogens with zero attached hydrogens (tertiary/aromatic N) is 1. The maximum absolute atomic E-state index is 12.2. The van der Waals surface area contributed by atoms with Gasteiger partial charge in [-0.1, -0.05) is 42.5 Å². The Bertz CT molecular complexity index is 982. The normalized spacial score (nSPS) is 10.3. The monoisotopic (exact) mass is 406 g/mol. The number of furan rings is 1. The molecule has 1 heterocycles. The average Bonchev–Trinajstić information content (AvgIpc) is 3.29. The van der Waals surface area contributed by atoms with E-state index in [-0.39, 0.29) is 19.0 Å². The van der Waals surface area contributed by atoms with Crippen LogP contribution in [-0.4, -0.2) is 42.9 Å². The van der Waals surface area contributed by atoms with Crippen LogP contribution in [0.1, 0.15) is 16.1 Å². The zero-order chi connectivity index (χ0) is 21.3. The van der Waals surface area contributed by atoms with Crippen molar-refractivity contribution in [3.05, 3.63) is 84.3 Å². The topological polar surface area (TPSA) is 88.8 Å². The summed E-state index contributed by atoms with van der Waals surface area (Å²) < 4.78 is 10.1. The maximum Gasteiger partial charge on any atom is 0.325 e. The predicted molar refractivity (Wildman–Crippen MR) is 110 cm³/mol. The van der Waals surface area contributed by atoms with E-state index in [1.54, 1.807) is 31.3 Å². The van der Waals surface area contributed by atoms with Crippen LogP contribution in [0.5, 0.6) is 0 Å². The molecule has 0 unspecified atom stereocenters. The van der Waals surface area contributed by atoms with Gasteiger partial charge in [-0.2, -0.15) is 0 Å². The highest BCUT2D eigenvalue weighted by Crippen LogP contribution is 2.19. The van der Waals surface area contributed by atoms with Gasteiger partial charge in [0.25, 0.3) is 11.8 Å². The molecule has 0 saturated carbocycles. The zero-order valence-electron chi connectivity index (χ0n) is 16.5. The summed E-state index contributed by atoms with van der Waals surface area (Å²) in [4.78, 5) is 37.4. The largest absolute Gasteiger partial charge is 0.467 e. The summed E-state index contributed by atoms with van der Waals surface area (Å²) in [6.45, 7) is -0.453. The minimum atomic E-state index is -0.691. The molecule has 0 saturated heterocycles. The van der Waals surface area contributed by atoms with Gasteiger partial charge in [0.05, 0.1) is 12.8 Å². The van der Waals surface area contributed by atoms with Crippen molar-refractivity contribution in [1.29, 1.82) is 0 Å². The lowest BCUT2D eigenvalue weighted by Gasteiger charge is -2.15. The van der Waals surface area contributed by atoms with Gasteiger partial charge in [-0.05, 0) is 35.4 Å². The molecule has 3 aromatic rings. The van der Waals surface area contributed by atoms with Gasteiger partial charge in [-0.15, -0.1) is 0 Å². The molecule has 0 radical (unpaired) electrons. The Balaban J connectivity index is 1.42. The first-order valence-corrected chi connectivity index (χ1v) is 9.38. The van der Waals surface area contributed by atoms with E-state index in [1.165, 1.54) is 11.2 Å². The lowest BCUT2D eigenvalue weighted by molar-refractivity contribution is -0.150. The summed E-state index contributed by atoms with van der Waals surface area (Å²) in [5.41, 5.74) is 2.47. The van der Waals surface area contributed by atoms with Crippen molar-refractivity contribution in [2.75, 3.05) is 20.2 Å². The van der Waals surface area contributed by atoms with E-state index in [0.29, 0.717) is 11.3 Å². The zero-order valence-corrected chi connectivity index (χ0v) is 16.5. The molecule has 7 nitrogen and oxygen atoms in total. The molecule has 0 aliphatic rings. The third-order valence-corrected chi connectivity index (χ3v) is 4.40. The molecule has 0 bridgehead atoms. The first kappa shape index (κ1) is 20.9. The number of amides is 2. The number of carbonyl (C=O) groups is 3. The molecular formula is C23H22N2O5. The molecule has 30 heavy (non-hydrogen) atoms. The van der Waals surface area contributed by atoms with Crippen molar-refractivity contribution in [2.24, 2.45) is 0 Å².